The van der Waals surface area contributed by atoms with Crippen LogP contribution in [0.15, 0.2) is 12.1 Å². The van der Waals surface area contributed by atoms with Crippen LogP contribution in [-0.4, -0.2) is 62.3 Å². The molecule has 1 aliphatic rings. The number of amides is 2. The minimum Gasteiger partial charge on any atom is -0.495 e. The van der Waals surface area contributed by atoms with Crippen molar-refractivity contribution in [3.63, 3.8) is 0 Å². The van der Waals surface area contributed by atoms with Crippen LogP contribution in [0.4, 0.5) is 10.5 Å². The maximum atomic E-state index is 12.4. The Labute approximate surface area is 142 Å². The molecule has 1 N–H and O–H groups in total. The zero-order valence-electron chi connectivity index (χ0n) is 14.1. The quantitative estimate of drug-likeness (QED) is 0.915. The number of rotatable bonds is 4. The van der Waals surface area contributed by atoms with E-state index in [4.69, 9.17) is 21.1 Å². The van der Waals surface area contributed by atoms with Crippen molar-refractivity contribution in [2.24, 2.45) is 0 Å². The van der Waals surface area contributed by atoms with E-state index in [1.165, 1.54) is 7.11 Å². The van der Waals surface area contributed by atoms with Crippen LogP contribution in [0.5, 0.6) is 11.5 Å². The monoisotopic (exact) mass is 341 g/mol. The molecular formula is C16H24ClN3O3. The maximum Gasteiger partial charge on any atom is 0.322 e. The zero-order chi connectivity index (χ0) is 17.0. The molecule has 0 spiro atoms. The molecule has 2 amide bonds. The van der Waals surface area contributed by atoms with E-state index >= 15 is 0 Å². The van der Waals surface area contributed by atoms with E-state index < -0.39 is 0 Å². The van der Waals surface area contributed by atoms with E-state index in [9.17, 15) is 4.79 Å². The lowest BCUT2D eigenvalue weighted by Gasteiger charge is -2.36. The van der Waals surface area contributed by atoms with E-state index in [1.807, 2.05) is 0 Å². The number of urea groups is 1. The molecule has 0 unspecified atom stereocenters. The van der Waals surface area contributed by atoms with Gasteiger partial charge in [0.15, 0.2) is 0 Å². The molecular weight excluding hydrogens is 318 g/mol. The Morgan fingerprint density at radius 2 is 1.74 bits per heavy atom. The van der Waals surface area contributed by atoms with Crippen LogP contribution in [0.25, 0.3) is 0 Å². The van der Waals surface area contributed by atoms with Gasteiger partial charge < -0.3 is 19.7 Å². The van der Waals surface area contributed by atoms with Crippen molar-refractivity contribution >= 4 is 23.3 Å². The fourth-order valence-corrected chi connectivity index (χ4v) is 2.83. The third-order valence-electron chi connectivity index (χ3n) is 4.05. The third-order valence-corrected chi connectivity index (χ3v) is 4.34. The van der Waals surface area contributed by atoms with Crippen LogP contribution < -0.4 is 14.8 Å². The molecule has 0 aliphatic carbocycles. The predicted molar refractivity (Wildman–Crippen MR) is 91.9 cm³/mol. The van der Waals surface area contributed by atoms with Gasteiger partial charge in [0, 0.05) is 38.3 Å². The molecule has 0 bridgehead atoms. The number of nitrogens with one attached hydrogen (secondary N) is 1. The summed E-state index contributed by atoms with van der Waals surface area (Å²) < 4.78 is 10.5. The fourth-order valence-electron chi connectivity index (χ4n) is 2.59. The van der Waals surface area contributed by atoms with Crippen LogP contribution in [0, 0.1) is 0 Å². The smallest absolute Gasteiger partial charge is 0.322 e. The van der Waals surface area contributed by atoms with Gasteiger partial charge in [0.25, 0.3) is 0 Å². The highest BCUT2D eigenvalue weighted by atomic mass is 35.5. The molecule has 1 aliphatic heterocycles. The topological polar surface area (TPSA) is 54.0 Å². The summed E-state index contributed by atoms with van der Waals surface area (Å²) in [4.78, 5) is 16.6. The summed E-state index contributed by atoms with van der Waals surface area (Å²) in [5.74, 6) is 1.02. The van der Waals surface area contributed by atoms with E-state index in [1.54, 1.807) is 24.1 Å². The number of halogens is 1. The summed E-state index contributed by atoms with van der Waals surface area (Å²) >= 11 is 6.13. The number of piperazine rings is 1. The van der Waals surface area contributed by atoms with Crippen molar-refractivity contribution in [2.45, 2.75) is 19.9 Å². The first-order valence-corrected chi connectivity index (χ1v) is 8.05. The molecule has 0 aromatic heterocycles. The van der Waals surface area contributed by atoms with Gasteiger partial charge in [-0.25, -0.2) is 4.79 Å². The second kappa shape index (κ2) is 7.75. The lowest BCUT2D eigenvalue weighted by molar-refractivity contribution is 0.125. The highest BCUT2D eigenvalue weighted by Crippen LogP contribution is 2.36. The van der Waals surface area contributed by atoms with Crippen LogP contribution >= 0.6 is 11.6 Å². The first-order valence-electron chi connectivity index (χ1n) is 7.67. The Morgan fingerprint density at radius 1 is 1.13 bits per heavy atom. The molecule has 1 aromatic rings. The number of anilines is 1. The summed E-state index contributed by atoms with van der Waals surface area (Å²) in [5, 5.41) is 3.30. The Kier molecular flexibility index (Phi) is 5.96. The first kappa shape index (κ1) is 17.7. The summed E-state index contributed by atoms with van der Waals surface area (Å²) in [7, 11) is 3.08. The largest absolute Gasteiger partial charge is 0.495 e. The molecule has 0 saturated carbocycles. The number of carbonyl (C=O) groups excluding carboxylic acids is 1. The van der Waals surface area contributed by atoms with Gasteiger partial charge in [0.05, 0.1) is 24.9 Å². The van der Waals surface area contributed by atoms with E-state index in [0.717, 1.165) is 13.1 Å². The molecule has 1 heterocycles. The maximum absolute atomic E-state index is 12.4. The normalized spacial score (nSPS) is 15.7. The van der Waals surface area contributed by atoms with Gasteiger partial charge in [-0.15, -0.1) is 0 Å². The molecule has 7 heteroatoms. The summed E-state index contributed by atoms with van der Waals surface area (Å²) in [6.07, 6.45) is 0. The minimum atomic E-state index is -0.145. The molecule has 0 atom stereocenters. The van der Waals surface area contributed by atoms with Gasteiger partial charge >= 0.3 is 6.03 Å². The molecule has 1 fully saturated rings. The van der Waals surface area contributed by atoms with Crippen molar-refractivity contribution in [2.75, 3.05) is 45.7 Å². The second-order valence-electron chi connectivity index (χ2n) is 5.73. The Morgan fingerprint density at radius 3 is 2.26 bits per heavy atom. The van der Waals surface area contributed by atoms with Crippen molar-refractivity contribution in [1.29, 1.82) is 0 Å². The SMILES string of the molecule is COc1cc(OC)c(NC(=O)N2CCN(C(C)C)CC2)cc1Cl. The lowest BCUT2D eigenvalue weighted by Crippen LogP contribution is -2.51. The number of hydrogen-bond donors (Lipinski definition) is 1. The lowest BCUT2D eigenvalue weighted by atomic mass is 10.2. The third kappa shape index (κ3) is 4.20. The molecule has 23 heavy (non-hydrogen) atoms. The van der Waals surface area contributed by atoms with Gasteiger partial charge in [-0.1, -0.05) is 11.6 Å². The number of benzene rings is 1. The number of ether oxygens (including phenoxy) is 2. The number of nitrogens with zero attached hydrogens (tertiary/aromatic N) is 2. The van der Waals surface area contributed by atoms with E-state index in [0.29, 0.717) is 41.3 Å². The van der Waals surface area contributed by atoms with Crippen LogP contribution in [-0.2, 0) is 0 Å². The van der Waals surface area contributed by atoms with Gasteiger partial charge in [-0.3, -0.25) is 4.90 Å². The average Bonchev–Trinajstić information content (AvgIpc) is 2.55. The Hall–Kier alpha value is -1.66. The van der Waals surface area contributed by atoms with Crippen LogP contribution in [0.2, 0.25) is 5.02 Å². The molecule has 1 aromatic carbocycles. The molecule has 1 saturated heterocycles. The molecule has 128 valence electrons. The second-order valence-corrected chi connectivity index (χ2v) is 6.14. The first-order chi connectivity index (χ1) is 11.0. The standard InChI is InChI=1S/C16H24ClN3O3/c1-11(2)19-5-7-20(8-6-19)16(21)18-13-9-12(17)14(22-3)10-15(13)23-4/h9-11H,5-8H2,1-4H3,(H,18,21). The highest BCUT2D eigenvalue weighted by molar-refractivity contribution is 6.32. The summed E-state index contributed by atoms with van der Waals surface area (Å²) in [5.41, 5.74) is 0.537. The number of carbonyl (C=O) groups is 1. The van der Waals surface area contributed by atoms with Gasteiger partial charge in [0.1, 0.15) is 11.5 Å². The van der Waals surface area contributed by atoms with E-state index in [2.05, 4.69) is 24.1 Å². The van der Waals surface area contributed by atoms with Crippen LogP contribution in [0.3, 0.4) is 0 Å². The number of methoxy groups -OCH3 is 2. The van der Waals surface area contributed by atoms with Crippen molar-refractivity contribution in [3.05, 3.63) is 17.2 Å². The average molecular weight is 342 g/mol. The number of hydrogen-bond acceptors (Lipinski definition) is 4. The highest BCUT2D eigenvalue weighted by Gasteiger charge is 2.23. The zero-order valence-corrected chi connectivity index (χ0v) is 14.8. The Bertz CT molecular complexity index is 558. The van der Waals surface area contributed by atoms with E-state index in [-0.39, 0.29) is 6.03 Å². The van der Waals surface area contributed by atoms with Crippen LogP contribution in [0.1, 0.15) is 13.8 Å². The van der Waals surface area contributed by atoms with Crippen molar-refractivity contribution in [3.8, 4) is 11.5 Å². The predicted octanol–water partition coefficient (Wildman–Crippen LogP) is 2.92. The molecule has 2 rings (SSSR count). The van der Waals surface area contributed by atoms with Crippen molar-refractivity contribution < 1.29 is 14.3 Å². The summed E-state index contributed by atoms with van der Waals surface area (Å²) in [6.45, 7) is 7.50. The van der Waals surface area contributed by atoms with Gasteiger partial charge in [-0.05, 0) is 19.9 Å². The Balaban J connectivity index is 2.05. The van der Waals surface area contributed by atoms with Gasteiger partial charge in [0.2, 0.25) is 0 Å². The fraction of sp³-hybridized carbons (Fsp3) is 0.562. The van der Waals surface area contributed by atoms with Crippen molar-refractivity contribution in [1.82, 2.24) is 9.80 Å². The van der Waals surface area contributed by atoms with Gasteiger partial charge in [-0.2, -0.15) is 0 Å². The minimum absolute atomic E-state index is 0.145. The molecule has 6 nitrogen and oxygen atoms in total. The summed E-state index contributed by atoms with van der Waals surface area (Å²) in [6, 6.07) is 3.66. The molecule has 0 radical (unpaired) electrons.